The quantitative estimate of drug-likeness (QED) is 0.631. The van der Waals surface area contributed by atoms with Gasteiger partial charge in [-0.1, -0.05) is 87.5 Å². The first-order valence-corrected chi connectivity index (χ1v) is 11.6. The second kappa shape index (κ2) is 8.21. The number of benzene rings is 2. The molecule has 0 atom stereocenters. The molecule has 0 saturated carbocycles. The molecule has 0 aliphatic carbocycles. The van der Waals surface area contributed by atoms with Crippen molar-refractivity contribution in [3.05, 3.63) is 84.1 Å². The van der Waals surface area contributed by atoms with Gasteiger partial charge in [-0.2, -0.15) is 0 Å². The van der Waals surface area contributed by atoms with E-state index in [0.717, 1.165) is 0 Å². The molecule has 0 aliphatic heterocycles. The Morgan fingerprint density at radius 1 is 0.931 bits per heavy atom. The highest BCUT2D eigenvalue weighted by molar-refractivity contribution is 7.00. The summed E-state index contributed by atoms with van der Waals surface area (Å²) in [5, 5.41) is 11.3. The zero-order valence-electron chi connectivity index (χ0n) is 17.3. The van der Waals surface area contributed by atoms with Gasteiger partial charge in [0.05, 0.1) is 6.42 Å². The first-order chi connectivity index (χ1) is 13.7. The Morgan fingerprint density at radius 2 is 1.45 bits per heavy atom. The molecule has 1 aromatic heterocycles. The van der Waals surface area contributed by atoms with Gasteiger partial charge in [-0.05, 0) is 34.0 Å². The van der Waals surface area contributed by atoms with Gasteiger partial charge in [-0.3, -0.25) is 4.79 Å². The average Bonchev–Trinajstić information content (AvgIpc) is 2.68. The van der Waals surface area contributed by atoms with Gasteiger partial charge in [0.2, 0.25) is 0 Å². The molecular formula is C24H27NO3Si. The minimum Gasteiger partial charge on any atom is -0.521 e. The zero-order valence-corrected chi connectivity index (χ0v) is 18.3. The van der Waals surface area contributed by atoms with Crippen LogP contribution in [0.25, 0.3) is 0 Å². The number of carboxylic acid groups (broad SMARTS) is 1. The van der Waals surface area contributed by atoms with E-state index in [2.05, 4.69) is 50.0 Å². The molecule has 150 valence electrons. The van der Waals surface area contributed by atoms with Crippen LogP contribution in [0.4, 0.5) is 0 Å². The molecule has 3 rings (SSSR count). The molecule has 4 nitrogen and oxygen atoms in total. The lowest BCUT2D eigenvalue weighted by Crippen LogP contribution is -2.69. The van der Waals surface area contributed by atoms with Crippen LogP contribution < -0.4 is 14.8 Å². The minimum atomic E-state index is -2.74. The monoisotopic (exact) mass is 405 g/mol. The highest BCUT2D eigenvalue weighted by atomic mass is 28.4. The molecule has 0 fully saturated rings. The fraction of sp³-hybridized carbons (Fsp3) is 0.250. The fourth-order valence-corrected chi connectivity index (χ4v) is 8.14. The minimum absolute atomic E-state index is 0.0433. The van der Waals surface area contributed by atoms with Gasteiger partial charge >= 0.3 is 14.3 Å². The Kier molecular flexibility index (Phi) is 5.89. The molecule has 0 amide bonds. The van der Waals surface area contributed by atoms with E-state index in [1.807, 2.05) is 49.4 Å². The summed E-state index contributed by atoms with van der Waals surface area (Å²) in [6, 6.07) is 24.4. The van der Waals surface area contributed by atoms with Crippen molar-refractivity contribution in [3.63, 3.8) is 0 Å². The topological polar surface area (TPSA) is 59.4 Å². The van der Waals surface area contributed by atoms with Crippen LogP contribution in [-0.2, 0) is 11.2 Å². The van der Waals surface area contributed by atoms with Gasteiger partial charge in [-0.25, -0.2) is 4.98 Å². The summed E-state index contributed by atoms with van der Waals surface area (Å²) in [6.45, 7) is 8.47. The van der Waals surface area contributed by atoms with E-state index in [9.17, 15) is 4.79 Å². The van der Waals surface area contributed by atoms with Crippen molar-refractivity contribution in [2.75, 3.05) is 0 Å². The molecule has 0 spiro atoms. The maximum Gasteiger partial charge on any atom is 0.321 e. The molecular weight excluding hydrogens is 378 g/mol. The van der Waals surface area contributed by atoms with Crippen LogP contribution in [0.1, 0.15) is 32.0 Å². The van der Waals surface area contributed by atoms with Crippen LogP contribution in [0.15, 0.2) is 72.8 Å². The van der Waals surface area contributed by atoms with E-state index < -0.39 is 14.3 Å². The zero-order chi connectivity index (χ0) is 21.1. The Bertz CT molecular complexity index is 943. The number of aryl methyl sites for hydroxylation is 1. The third kappa shape index (κ3) is 4.25. The summed E-state index contributed by atoms with van der Waals surface area (Å²) in [5.41, 5.74) is 1.38. The Morgan fingerprint density at radius 3 is 1.86 bits per heavy atom. The normalized spacial score (nSPS) is 11.9. The molecule has 3 aromatic rings. The van der Waals surface area contributed by atoms with Crippen molar-refractivity contribution >= 4 is 24.7 Å². The highest BCUT2D eigenvalue weighted by Crippen LogP contribution is 2.37. The van der Waals surface area contributed by atoms with E-state index >= 15 is 0 Å². The van der Waals surface area contributed by atoms with Crippen molar-refractivity contribution in [1.29, 1.82) is 0 Å². The Balaban J connectivity index is 2.16. The molecule has 0 bridgehead atoms. The molecule has 0 unspecified atom stereocenters. The predicted octanol–water partition coefficient (Wildman–Crippen LogP) is 3.96. The van der Waals surface area contributed by atoms with Gasteiger partial charge < -0.3 is 9.53 Å². The molecule has 0 radical (unpaired) electrons. The number of hydrogen-bond acceptors (Lipinski definition) is 3. The number of carboxylic acids is 1. The predicted molar refractivity (Wildman–Crippen MR) is 119 cm³/mol. The highest BCUT2D eigenvalue weighted by Gasteiger charge is 2.52. The third-order valence-electron chi connectivity index (χ3n) is 5.19. The van der Waals surface area contributed by atoms with Gasteiger partial charge in [0, 0.05) is 5.69 Å². The molecule has 0 saturated heterocycles. The molecule has 1 N–H and O–H groups in total. The number of aromatic nitrogens is 1. The molecule has 1 heterocycles. The molecule has 29 heavy (non-hydrogen) atoms. The van der Waals surface area contributed by atoms with Gasteiger partial charge in [-0.15, -0.1) is 0 Å². The van der Waals surface area contributed by atoms with E-state index in [1.54, 1.807) is 6.07 Å². The first-order valence-electron chi connectivity index (χ1n) is 9.72. The van der Waals surface area contributed by atoms with Crippen molar-refractivity contribution < 1.29 is 14.3 Å². The number of carbonyl (C=O) groups is 1. The first kappa shape index (κ1) is 20.8. The largest absolute Gasteiger partial charge is 0.521 e. The summed E-state index contributed by atoms with van der Waals surface area (Å²) in [4.78, 5) is 15.7. The van der Waals surface area contributed by atoms with E-state index in [1.165, 1.54) is 10.4 Å². The number of nitrogens with zero attached hydrogens (tertiary/aromatic N) is 1. The summed E-state index contributed by atoms with van der Waals surface area (Å²) >= 11 is 0. The second-order valence-electron chi connectivity index (χ2n) is 8.23. The van der Waals surface area contributed by atoms with Crippen molar-refractivity contribution in [1.82, 2.24) is 4.98 Å². The van der Waals surface area contributed by atoms with Crippen molar-refractivity contribution in [2.24, 2.45) is 0 Å². The smallest absolute Gasteiger partial charge is 0.321 e. The maximum absolute atomic E-state index is 11.1. The van der Waals surface area contributed by atoms with Gasteiger partial charge in [0.25, 0.3) is 0 Å². The standard InChI is InChI=1S/C24H27NO3Si/c1-18-19(17-23(26)27)15-16-22(25-18)28-29(24(2,3)4,20-11-7-5-8-12-20)21-13-9-6-10-14-21/h5-16H,17H2,1-4H3,(H,26,27). The number of rotatable bonds is 6. The van der Waals surface area contributed by atoms with Crippen LogP contribution in [0.5, 0.6) is 5.88 Å². The van der Waals surface area contributed by atoms with Gasteiger partial charge in [0.15, 0.2) is 5.88 Å². The summed E-state index contributed by atoms with van der Waals surface area (Å²) in [6.07, 6.45) is -0.0433. The summed E-state index contributed by atoms with van der Waals surface area (Å²) in [5.74, 6) is -0.332. The number of pyridine rings is 1. The van der Waals surface area contributed by atoms with E-state index in [4.69, 9.17) is 9.53 Å². The van der Waals surface area contributed by atoms with Crippen molar-refractivity contribution in [3.8, 4) is 5.88 Å². The van der Waals surface area contributed by atoms with Gasteiger partial charge in [0.1, 0.15) is 0 Å². The molecule has 5 heteroatoms. The lowest BCUT2D eigenvalue weighted by Gasteiger charge is -2.42. The second-order valence-corrected chi connectivity index (χ2v) is 12.5. The average molecular weight is 406 g/mol. The molecule has 2 aromatic carbocycles. The fourth-order valence-electron chi connectivity index (χ4n) is 3.78. The van der Waals surface area contributed by atoms with E-state index in [0.29, 0.717) is 17.1 Å². The lowest BCUT2D eigenvalue weighted by atomic mass is 10.1. The summed E-state index contributed by atoms with van der Waals surface area (Å²) < 4.78 is 6.86. The molecule has 0 aliphatic rings. The van der Waals surface area contributed by atoms with Crippen LogP contribution in [0.3, 0.4) is 0 Å². The van der Waals surface area contributed by atoms with Crippen molar-refractivity contribution in [2.45, 2.75) is 39.2 Å². The van der Waals surface area contributed by atoms with Crippen LogP contribution >= 0.6 is 0 Å². The van der Waals surface area contributed by atoms with Crippen LogP contribution in [-0.4, -0.2) is 24.4 Å². The summed E-state index contributed by atoms with van der Waals surface area (Å²) in [7, 11) is -2.74. The van der Waals surface area contributed by atoms with Crippen LogP contribution in [0.2, 0.25) is 5.04 Å². The Hall–Kier alpha value is -2.92. The maximum atomic E-state index is 11.1. The SMILES string of the molecule is Cc1nc(O[Si](c2ccccc2)(c2ccccc2)C(C)(C)C)ccc1CC(=O)O. The lowest BCUT2D eigenvalue weighted by molar-refractivity contribution is -0.136. The number of aliphatic carboxylic acids is 1. The van der Waals surface area contributed by atoms with E-state index in [-0.39, 0.29) is 11.5 Å². The Labute approximate surface area is 173 Å². The number of hydrogen-bond donors (Lipinski definition) is 1. The van der Waals surface area contributed by atoms with Crippen LogP contribution in [0, 0.1) is 6.92 Å². The third-order valence-corrected chi connectivity index (χ3v) is 10.1.